The Balaban J connectivity index is 2.27. The Hall–Kier alpha value is -0.750. The van der Waals surface area contributed by atoms with Crippen LogP contribution in [0.1, 0.15) is 33.1 Å². The van der Waals surface area contributed by atoms with Gasteiger partial charge in [-0.15, -0.1) is 11.8 Å². The second-order valence-electron chi connectivity index (χ2n) is 3.78. The van der Waals surface area contributed by atoms with Gasteiger partial charge < -0.3 is 11.1 Å². The van der Waals surface area contributed by atoms with Gasteiger partial charge in [0.25, 0.3) is 0 Å². The summed E-state index contributed by atoms with van der Waals surface area (Å²) in [5, 5.41) is 3.38. The number of thioether (sulfide) groups is 1. The van der Waals surface area contributed by atoms with Crippen molar-refractivity contribution in [3.8, 4) is 0 Å². The van der Waals surface area contributed by atoms with Crippen molar-refractivity contribution in [1.82, 2.24) is 10.3 Å². The van der Waals surface area contributed by atoms with E-state index >= 15 is 0 Å². The molecule has 1 rings (SSSR count). The molecule has 0 aliphatic heterocycles. The number of hydrogen-bond acceptors (Lipinski definition) is 5. The van der Waals surface area contributed by atoms with Crippen LogP contribution in [-0.2, 0) is 4.79 Å². The molecule has 1 aromatic heterocycles. The van der Waals surface area contributed by atoms with E-state index < -0.39 is 0 Å². The van der Waals surface area contributed by atoms with Crippen LogP contribution in [-0.4, -0.2) is 22.7 Å². The zero-order valence-corrected chi connectivity index (χ0v) is 11.9. The molecule has 96 valence electrons. The van der Waals surface area contributed by atoms with E-state index in [1.165, 1.54) is 29.5 Å². The summed E-state index contributed by atoms with van der Waals surface area (Å²) < 4.78 is 0.985. The zero-order valence-electron chi connectivity index (χ0n) is 10.2. The van der Waals surface area contributed by atoms with Crippen molar-refractivity contribution >= 4 is 34.1 Å². The van der Waals surface area contributed by atoms with Crippen molar-refractivity contribution in [3.05, 3.63) is 6.20 Å². The first-order chi connectivity index (χ1) is 8.13. The molecular formula is C11H19N3OS2. The number of aromatic nitrogens is 1. The van der Waals surface area contributed by atoms with Gasteiger partial charge in [-0.25, -0.2) is 4.98 Å². The van der Waals surface area contributed by atoms with Gasteiger partial charge in [0.15, 0.2) is 5.13 Å². The lowest BCUT2D eigenvalue weighted by atomic mass is 10.2. The van der Waals surface area contributed by atoms with Gasteiger partial charge in [0.05, 0.1) is 15.7 Å². The highest BCUT2D eigenvalue weighted by molar-refractivity contribution is 8.02. The Morgan fingerprint density at radius 1 is 1.65 bits per heavy atom. The Bertz CT molecular complexity index is 354. The van der Waals surface area contributed by atoms with Gasteiger partial charge in [0, 0.05) is 6.54 Å². The summed E-state index contributed by atoms with van der Waals surface area (Å²) in [6, 6.07) is 0. The van der Waals surface area contributed by atoms with Crippen molar-refractivity contribution in [3.63, 3.8) is 0 Å². The number of carbonyl (C=O) groups is 1. The number of nitrogen functional groups attached to an aromatic ring is 1. The molecule has 0 aliphatic rings. The number of rotatable bonds is 7. The van der Waals surface area contributed by atoms with E-state index in [9.17, 15) is 4.79 Å². The topological polar surface area (TPSA) is 68.0 Å². The molecule has 0 saturated carbocycles. The van der Waals surface area contributed by atoms with Crippen molar-refractivity contribution < 1.29 is 4.79 Å². The lowest BCUT2D eigenvalue weighted by Crippen LogP contribution is -2.31. The maximum Gasteiger partial charge on any atom is 0.233 e. The van der Waals surface area contributed by atoms with E-state index in [4.69, 9.17) is 5.73 Å². The largest absolute Gasteiger partial charge is 0.375 e. The Morgan fingerprint density at radius 3 is 3.00 bits per heavy atom. The average molecular weight is 273 g/mol. The van der Waals surface area contributed by atoms with Crippen LogP contribution in [0.25, 0.3) is 0 Å². The highest BCUT2D eigenvalue weighted by atomic mass is 32.2. The minimum atomic E-state index is -0.100. The molecule has 0 spiro atoms. The summed E-state index contributed by atoms with van der Waals surface area (Å²) in [6.07, 6.45) is 5.09. The normalized spacial score (nSPS) is 12.4. The molecule has 0 radical (unpaired) electrons. The molecule has 1 unspecified atom stereocenters. The van der Waals surface area contributed by atoms with Crippen LogP contribution in [0.2, 0.25) is 0 Å². The van der Waals surface area contributed by atoms with Gasteiger partial charge in [-0.2, -0.15) is 0 Å². The number of nitrogens with two attached hydrogens (primary N) is 1. The first kappa shape index (κ1) is 14.3. The van der Waals surface area contributed by atoms with Gasteiger partial charge in [0.2, 0.25) is 5.91 Å². The predicted molar refractivity (Wildman–Crippen MR) is 74.4 cm³/mol. The number of anilines is 1. The van der Waals surface area contributed by atoms with Crippen LogP contribution in [0.15, 0.2) is 10.4 Å². The van der Waals surface area contributed by atoms with Crippen LogP contribution in [0.4, 0.5) is 5.13 Å². The summed E-state index contributed by atoms with van der Waals surface area (Å²) in [7, 11) is 0. The first-order valence-electron chi connectivity index (χ1n) is 5.79. The third kappa shape index (κ3) is 5.41. The van der Waals surface area contributed by atoms with E-state index in [1.807, 2.05) is 6.92 Å². The second kappa shape index (κ2) is 7.55. The second-order valence-corrected chi connectivity index (χ2v) is 6.48. The quantitative estimate of drug-likeness (QED) is 0.591. The van der Waals surface area contributed by atoms with Crippen LogP contribution in [0.5, 0.6) is 0 Å². The molecule has 0 bridgehead atoms. The van der Waals surface area contributed by atoms with Crippen LogP contribution >= 0.6 is 23.1 Å². The minimum absolute atomic E-state index is 0.0816. The SMILES string of the molecule is CCCCCNC(=O)C(C)Sc1cnc(N)s1. The fraction of sp³-hybridized carbons (Fsp3) is 0.636. The highest BCUT2D eigenvalue weighted by Gasteiger charge is 2.14. The third-order valence-corrected chi connectivity index (χ3v) is 4.31. The van der Waals surface area contributed by atoms with E-state index in [0.29, 0.717) is 5.13 Å². The Morgan fingerprint density at radius 2 is 2.41 bits per heavy atom. The number of thiazole rings is 1. The molecule has 17 heavy (non-hydrogen) atoms. The van der Waals surface area contributed by atoms with Crippen molar-refractivity contribution in [2.24, 2.45) is 0 Å². The molecule has 1 atom stereocenters. The number of hydrogen-bond donors (Lipinski definition) is 2. The minimum Gasteiger partial charge on any atom is -0.375 e. The number of carbonyl (C=O) groups excluding carboxylic acids is 1. The number of amides is 1. The summed E-state index contributed by atoms with van der Waals surface area (Å²) >= 11 is 2.92. The fourth-order valence-electron chi connectivity index (χ4n) is 1.28. The Labute approximate surface area is 110 Å². The van der Waals surface area contributed by atoms with Crippen molar-refractivity contribution in [2.45, 2.75) is 42.6 Å². The fourth-order valence-corrected chi connectivity index (χ4v) is 3.24. The van der Waals surface area contributed by atoms with Crippen LogP contribution in [0, 0.1) is 0 Å². The molecule has 1 aromatic rings. The third-order valence-electron chi connectivity index (χ3n) is 2.24. The van der Waals surface area contributed by atoms with Gasteiger partial charge in [-0.1, -0.05) is 31.1 Å². The van der Waals surface area contributed by atoms with E-state index in [1.54, 1.807) is 6.20 Å². The number of nitrogens with one attached hydrogen (secondary N) is 1. The number of unbranched alkanes of at least 4 members (excludes halogenated alkanes) is 2. The van der Waals surface area contributed by atoms with Crippen LogP contribution in [0.3, 0.4) is 0 Å². The van der Waals surface area contributed by atoms with E-state index in [0.717, 1.165) is 23.6 Å². The monoisotopic (exact) mass is 273 g/mol. The summed E-state index contributed by atoms with van der Waals surface area (Å²) in [6.45, 7) is 4.81. The molecule has 0 aromatic carbocycles. The van der Waals surface area contributed by atoms with Crippen molar-refractivity contribution in [1.29, 1.82) is 0 Å². The van der Waals surface area contributed by atoms with Crippen molar-refractivity contribution in [2.75, 3.05) is 12.3 Å². The molecule has 0 fully saturated rings. The van der Waals surface area contributed by atoms with E-state index in [2.05, 4.69) is 17.2 Å². The smallest absolute Gasteiger partial charge is 0.233 e. The molecule has 1 amide bonds. The van der Waals surface area contributed by atoms with Crippen LogP contribution < -0.4 is 11.1 Å². The molecule has 1 heterocycles. The summed E-state index contributed by atoms with van der Waals surface area (Å²) in [5.41, 5.74) is 5.54. The standard InChI is InChI=1S/C11H19N3OS2/c1-3-4-5-6-13-10(15)8(2)16-9-7-14-11(12)17-9/h7-8H,3-6H2,1-2H3,(H2,12,14)(H,13,15). The zero-order chi connectivity index (χ0) is 12.7. The molecule has 3 N–H and O–H groups in total. The highest BCUT2D eigenvalue weighted by Crippen LogP contribution is 2.29. The maximum absolute atomic E-state index is 11.7. The summed E-state index contributed by atoms with van der Waals surface area (Å²) in [5.74, 6) is 0.0816. The van der Waals surface area contributed by atoms with Gasteiger partial charge >= 0.3 is 0 Å². The lowest BCUT2D eigenvalue weighted by Gasteiger charge is -2.10. The number of nitrogens with zero attached hydrogens (tertiary/aromatic N) is 1. The van der Waals surface area contributed by atoms with Gasteiger partial charge in [-0.3, -0.25) is 4.79 Å². The average Bonchev–Trinajstić information content (AvgIpc) is 2.70. The lowest BCUT2D eigenvalue weighted by molar-refractivity contribution is -0.120. The Kier molecular flexibility index (Phi) is 6.36. The molecule has 4 nitrogen and oxygen atoms in total. The maximum atomic E-state index is 11.7. The van der Waals surface area contributed by atoms with E-state index in [-0.39, 0.29) is 11.2 Å². The van der Waals surface area contributed by atoms with Gasteiger partial charge in [0.1, 0.15) is 0 Å². The molecule has 0 saturated heterocycles. The molecule has 6 heteroatoms. The molecular weight excluding hydrogens is 254 g/mol. The summed E-state index contributed by atoms with van der Waals surface area (Å²) in [4.78, 5) is 15.7. The molecule has 0 aliphatic carbocycles. The first-order valence-corrected chi connectivity index (χ1v) is 7.48. The predicted octanol–water partition coefficient (Wildman–Crippen LogP) is 2.51. The van der Waals surface area contributed by atoms with Gasteiger partial charge in [-0.05, 0) is 13.3 Å².